The third-order valence-electron chi connectivity index (χ3n) is 6.61. The van der Waals surface area contributed by atoms with E-state index in [-0.39, 0.29) is 29.5 Å². The molecule has 0 radical (unpaired) electrons. The number of fused-ring (bicyclic) bond motifs is 1. The number of hydrogen-bond acceptors (Lipinski definition) is 8. The molecule has 5 N–H and O–H groups in total. The number of carbonyl (C=O) groups is 1. The van der Waals surface area contributed by atoms with Crippen LogP contribution in [0.1, 0.15) is 32.1 Å². The molecule has 5 rings (SSSR count). The highest BCUT2D eigenvalue weighted by molar-refractivity contribution is 6.24. The molecule has 12 heteroatoms. The van der Waals surface area contributed by atoms with Crippen molar-refractivity contribution in [2.75, 3.05) is 31.3 Å². The Balaban J connectivity index is 1.42. The number of halogens is 2. The number of carbonyl (C=O) groups excluding carboxylic acids is 1. The van der Waals surface area contributed by atoms with Crippen LogP contribution in [0.3, 0.4) is 0 Å². The lowest BCUT2D eigenvalue weighted by atomic mass is 9.97. The molecule has 34 heavy (non-hydrogen) atoms. The first-order chi connectivity index (χ1) is 16.4. The van der Waals surface area contributed by atoms with Crippen LogP contribution in [0.5, 0.6) is 0 Å². The van der Waals surface area contributed by atoms with Gasteiger partial charge in [-0.2, -0.15) is 0 Å². The average molecular weight is 491 g/mol. The van der Waals surface area contributed by atoms with E-state index >= 15 is 0 Å². The summed E-state index contributed by atoms with van der Waals surface area (Å²) in [6.07, 6.45) is 7.88. The highest BCUT2D eigenvalue weighted by atomic mass is 35.5. The number of rotatable bonds is 4. The molecule has 3 aliphatic heterocycles. The van der Waals surface area contributed by atoms with Crippen LogP contribution >= 0.6 is 11.6 Å². The van der Waals surface area contributed by atoms with Gasteiger partial charge in [-0.3, -0.25) is 14.8 Å². The first-order valence-corrected chi connectivity index (χ1v) is 11.9. The van der Waals surface area contributed by atoms with E-state index in [4.69, 9.17) is 27.9 Å². The zero-order valence-corrected chi connectivity index (χ0v) is 19.5. The average Bonchev–Trinajstić information content (AvgIpc) is 3.27. The van der Waals surface area contributed by atoms with Gasteiger partial charge < -0.3 is 20.4 Å². The molecular weight excluding hydrogens is 463 g/mol. The van der Waals surface area contributed by atoms with E-state index in [1.54, 1.807) is 11.1 Å². The lowest BCUT2D eigenvalue weighted by molar-refractivity contribution is -0.148. The van der Waals surface area contributed by atoms with Crippen molar-refractivity contribution in [1.29, 1.82) is 0 Å². The number of ether oxygens (including phenoxy) is 1. The number of alkyl halides is 1. The van der Waals surface area contributed by atoms with Crippen LogP contribution in [0.4, 0.5) is 10.2 Å². The summed E-state index contributed by atoms with van der Waals surface area (Å²) in [5.74, 6) is 5.71. The molecule has 182 valence electrons. The Morgan fingerprint density at radius 2 is 2.24 bits per heavy atom. The van der Waals surface area contributed by atoms with Gasteiger partial charge in [0.2, 0.25) is 0 Å². The van der Waals surface area contributed by atoms with Crippen LogP contribution in [0.2, 0.25) is 0 Å². The molecular formula is C22H28ClFN8O2. The Morgan fingerprint density at radius 3 is 3.03 bits per heavy atom. The summed E-state index contributed by atoms with van der Waals surface area (Å²) >= 11 is 6.23. The minimum absolute atomic E-state index is 0.0969. The molecule has 10 nitrogen and oxygen atoms in total. The Bertz CT molecular complexity index is 1200. The van der Waals surface area contributed by atoms with Gasteiger partial charge in [-0.25, -0.2) is 20.2 Å². The van der Waals surface area contributed by atoms with E-state index in [0.29, 0.717) is 50.0 Å². The second kappa shape index (κ2) is 9.21. The molecule has 0 spiro atoms. The molecule has 2 unspecified atom stereocenters. The van der Waals surface area contributed by atoms with Crippen LogP contribution in [0.15, 0.2) is 17.4 Å². The predicted octanol–water partition coefficient (Wildman–Crippen LogP) is 0.159. The monoisotopic (exact) mass is 490 g/mol. The van der Waals surface area contributed by atoms with Gasteiger partial charge in [-0.1, -0.05) is 6.08 Å². The molecule has 2 aromatic rings. The van der Waals surface area contributed by atoms with E-state index in [1.165, 1.54) is 0 Å². The first kappa shape index (κ1) is 23.2. The smallest absolute Gasteiger partial charge is 0.251 e. The van der Waals surface area contributed by atoms with Gasteiger partial charge >= 0.3 is 0 Å². The summed E-state index contributed by atoms with van der Waals surface area (Å²) in [5.41, 5.74) is 6.77. The van der Waals surface area contributed by atoms with Gasteiger partial charge in [0.05, 0.1) is 24.7 Å². The number of aromatic nitrogens is 3. The molecule has 0 saturated carbocycles. The number of nitrogens with one attached hydrogen (secondary N) is 1. The van der Waals surface area contributed by atoms with Crippen LogP contribution in [-0.4, -0.2) is 69.1 Å². The van der Waals surface area contributed by atoms with Gasteiger partial charge in [-0.05, 0) is 32.1 Å². The molecule has 3 atom stereocenters. The number of anilines is 1. The molecule has 2 saturated heterocycles. The van der Waals surface area contributed by atoms with Crippen molar-refractivity contribution in [1.82, 2.24) is 19.9 Å². The number of hydrazine groups is 1. The van der Waals surface area contributed by atoms with E-state index in [0.717, 1.165) is 29.3 Å². The van der Waals surface area contributed by atoms with Gasteiger partial charge in [0.1, 0.15) is 17.3 Å². The number of H-pyrrole nitrogens is 1. The number of aromatic amines is 1. The van der Waals surface area contributed by atoms with Gasteiger partial charge in [0.25, 0.3) is 5.91 Å². The minimum atomic E-state index is -1.20. The number of hydrogen-bond donors (Lipinski definition) is 3. The molecule has 0 bridgehead atoms. The molecule has 3 aliphatic rings. The summed E-state index contributed by atoms with van der Waals surface area (Å²) in [6, 6.07) is 0. The maximum absolute atomic E-state index is 14.9. The van der Waals surface area contributed by atoms with Crippen LogP contribution in [-0.2, 0) is 9.53 Å². The molecule has 2 fully saturated rings. The number of amides is 1. The maximum atomic E-state index is 14.9. The highest BCUT2D eigenvalue weighted by Crippen LogP contribution is 2.28. The largest absolute Gasteiger partial charge is 0.368 e. The molecule has 1 amide bonds. The lowest BCUT2D eigenvalue weighted by Crippen LogP contribution is -2.69. The zero-order valence-electron chi connectivity index (χ0n) is 18.7. The third-order valence-corrected chi connectivity index (χ3v) is 6.88. The standard InChI is InChI=1S/C22H28ClFN8O2/c23-13-8-14-15(10-28-18(14)27-9-13)19-29-11-16(24)20(30-19)32(26)22(25)5-3-6-31(12-22)21(33)17-4-1-2-7-34-17/h8,10-11,13,17H,1-7,9,12,25-26H2,(H,27,28)/t13?,17?,22-/m0/s1. The van der Waals surface area contributed by atoms with Crippen LogP contribution in [0.25, 0.3) is 17.5 Å². The van der Waals surface area contributed by atoms with E-state index < -0.39 is 17.6 Å². The van der Waals surface area contributed by atoms with Crippen molar-refractivity contribution in [2.24, 2.45) is 16.6 Å². The lowest BCUT2D eigenvalue weighted by Gasteiger charge is -2.46. The maximum Gasteiger partial charge on any atom is 0.251 e. The zero-order chi connectivity index (χ0) is 23.9. The molecule has 2 aromatic heterocycles. The van der Waals surface area contributed by atoms with Crippen LogP contribution < -0.4 is 27.3 Å². The number of nitrogens with two attached hydrogens (primary N) is 2. The summed E-state index contributed by atoms with van der Waals surface area (Å²) in [4.78, 5) is 30.7. The summed E-state index contributed by atoms with van der Waals surface area (Å²) < 4.78 is 20.5. The van der Waals surface area contributed by atoms with Crippen molar-refractivity contribution in [3.63, 3.8) is 0 Å². The first-order valence-electron chi connectivity index (χ1n) is 11.5. The van der Waals surface area contributed by atoms with E-state index in [2.05, 4.69) is 19.9 Å². The number of likely N-dealkylation sites (tertiary alicyclic amines) is 1. The van der Waals surface area contributed by atoms with Crippen LogP contribution in [0, 0.1) is 5.82 Å². The number of piperidine rings is 1. The quantitative estimate of drug-likeness (QED) is 0.240. The van der Waals surface area contributed by atoms with Crippen molar-refractivity contribution in [3.05, 3.63) is 28.9 Å². The minimum Gasteiger partial charge on any atom is -0.368 e. The fourth-order valence-electron chi connectivity index (χ4n) is 4.78. The second-order valence-electron chi connectivity index (χ2n) is 9.05. The molecule has 5 heterocycles. The summed E-state index contributed by atoms with van der Waals surface area (Å²) in [7, 11) is 0. The third kappa shape index (κ3) is 4.28. The molecule has 0 aromatic carbocycles. The fraction of sp³-hybridized carbons (Fsp3) is 0.545. The summed E-state index contributed by atoms with van der Waals surface area (Å²) in [6.45, 7) is 1.74. The topological polar surface area (TPSA) is 139 Å². The van der Waals surface area contributed by atoms with E-state index in [1.807, 2.05) is 6.08 Å². The Kier molecular flexibility index (Phi) is 6.28. The number of nitrogens with zero attached hydrogens (tertiary/aromatic N) is 5. The van der Waals surface area contributed by atoms with Crippen molar-refractivity contribution in [2.45, 2.75) is 49.2 Å². The second-order valence-corrected chi connectivity index (χ2v) is 9.61. The Hall–Kier alpha value is -2.60. The molecule has 0 aliphatic carbocycles. The van der Waals surface area contributed by atoms with Crippen molar-refractivity contribution >= 4 is 29.4 Å². The highest BCUT2D eigenvalue weighted by Gasteiger charge is 2.41. The SMILES string of the molecule is NN(c1nc(-c2c[nH]c3c2=CC(Cl)CN=3)ncc1F)[C@@]1(N)CCCN(C(=O)C2CCCCO2)C1. The Morgan fingerprint density at radius 1 is 1.38 bits per heavy atom. The normalized spacial score (nSPS) is 26.9. The van der Waals surface area contributed by atoms with Gasteiger partial charge in [0, 0.05) is 30.1 Å². The van der Waals surface area contributed by atoms with Gasteiger partial charge in [-0.15, -0.1) is 11.6 Å². The van der Waals surface area contributed by atoms with Crippen molar-refractivity contribution in [3.8, 4) is 11.4 Å². The predicted molar refractivity (Wildman–Crippen MR) is 125 cm³/mol. The Labute approximate surface area is 200 Å². The van der Waals surface area contributed by atoms with Gasteiger partial charge in [0.15, 0.2) is 17.5 Å². The fourth-order valence-corrected chi connectivity index (χ4v) is 4.97. The van der Waals surface area contributed by atoms with Crippen molar-refractivity contribution < 1.29 is 13.9 Å². The summed E-state index contributed by atoms with van der Waals surface area (Å²) in [5, 5.41) is 1.64. The van der Waals surface area contributed by atoms with E-state index in [9.17, 15) is 9.18 Å².